The molecule has 10 heavy (non-hydrogen) atoms. The Kier molecular flexibility index (Phi) is 2.92. The van der Waals surface area contributed by atoms with Crippen LogP contribution >= 0.6 is 11.8 Å². The van der Waals surface area contributed by atoms with Crippen molar-refractivity contribution < 1.29 is 36.1 Å². The van der Waals surface area contributed by atoms with Crippen LogP contribution in [0.3, 0.4) is 0 Å². The van der Waals surface area contributed by atoms with E-state index in [1.165, 1.54) is 11.8 Å². The van der Waals surface area contributed by atoms with Crippen molar-refractivity contribution in [2.75, 3.05) is 0 Å². The van der Waals surface area contributed by atoms with Crippen molar-refractivity contribution in [2.45, 2.75) is 12.4 Å². The van der Waals surface area contributed by atoms with E-state index in [4.69, 9.17) is 5.73 Å². The van der Waals surface area contributed by atoms with Crippen molar-refractivity contribution >= 4 is 17.7 Å². The molecular weight excluding hydrogens is 225 g/mol. The van der Waals surface area contributed by atoms with Crippen LogP contribution in [0.4, 0.5) is 0 Å². The molecule has 5 heteroatoms. The average molecular weight is 232 g/mol. The van der Waals surface area contributed by atoms with Crippen molar-refractivity contribution in [3.63, 3.8) is 0 Å². The molecule has 2 N–H and O–H groups in total. The fraction of sp³-hybridized carbons (Fsp3) is 0.400. The summed E-state index contributed by atoms with van der Waals surface area (Å²) in [5.41, 5.74) is 5.46. The molecule has 0 bridgehead atoms. The molecule has 0 saturated carbocycles. The molecule has 1 unspecified atom stereocenters. The Bertz CT molecular complexity index is 194. The molecule has 1 aliphatic rings. The van der Waals surface area contributed by atoms with Crippen LogP contribution in [-0.4, -0.2) is 13.4 Å². The molecule has 1 heterocycles. The van der Waals surface area contributed by atoms with Gasteiger partial charge in [0.15, 0.2) is 0 Å². The first kappa shape index (κ1) is 8.72. The number of nitrogens with two attached hydrogens (primary N) is 1. The van der Waals surface area contributed by atoms with Crippen LogP contribution in [0.25, 0.3) is 0 Å². The van der Waals surface area contributed by atoms with Gasteiger partial charge in [-0.3, -0.25) is 0 Å². The van der Waals surface area contributed by atoms with Gasteiger partial charge in [-0.25, -0.2) is 0 Å². The first-order valence-corrected chi connectivity index (χ1v) is 4.98. The third-order valence-corrected chi connectivity index (χ3v) is 4.26. The van der Waals surface area contributed by atoms with Gasteiger partial charge >= 0.3 is 84.9 Å². The normalized spacial score (nSPS) is 30.1. The van der Waals surface area contributed by atoms with E-state index in [0.717, 1.165) is 36.2 Å². The molecule has 0 spiro atoms. The van der Waals surface area contributed by atoms with Crippen molar-refractivity contribution in [3.05, 3.63) is 11.0 Å². The molecule has 0 aromatic carbocycles. The Balaban J connectivity index is 2.81. The van der Waals surface area contributed by atoms with Crippen LogP contribution < -0.4 is 5.73 Å². The van der Waals surface area contributed by atoms with Crippen LogP contribution in [0.2, 0.25) is 0 Å². The number of hydrogen-bond donors (Lipinski definition) is 1. The molecule has 3 nitrogen and oxygen atoms in total. The van der Waals surface area contributed by atoms with Gasteiger partial charge in [-0.1, -0.05) is 0 Å². The number of nitrogens with zero attached hydrogens (tertiary/aromatic N) is 1. The van der Waals surface area contributed by atoms with E-state index in [1.807, 2.05) is 13.0 Å². The second kappa shape index (κ2) is 3.35. The van der Waals surface area contributed by atoms with Crippen molar-refractivity contribution in [1.29, 1.82) is 0 Å². The summed E-state index contributed by atoms with van der Waals surface area (Å²) in [5, 5.41) is 0. The van der Waals surface area contributed by atoms with Gasteiger partial charge in [0, 0.05) is 0 Å². The summed E-state index contributed by atoms with van der Waals surface area (Å²) in [6.07, 6.45) is 1.81. The summed E-state index contributed by atoms with van der Waals surface area (Å²) in [5.74, 6) is 0.0856. The van der Waals surface area contributed by atoms with Crippen LogP contribution in [0.5, 0.6) is 0 Å². The number of thioether (sulfide) groups is 1. The van der Waals surface area contributed by atoms with Crippen LogP contribution in [0, 0.1) is 0 Å². The number of carbonyl (C=O) groups is 1. The molecule has 0 aromatic heterocycles. The van der Waals surface area contributed by atoms with E-state index in [2.05, 4.69) is 0 Å². The zero-order chi connectivity index (χ0) is 7.72. The fourth-order valence-electron chi connectivity index (χ4n) is 0.672. The summed E-state index contributed by atoms with van der Waals surface area (Å²) in [7, 11) is 0. The van der Waals surface area contributed by atoms with E-state index in [0.29, 0.717) is 0 Å². The molecule has 1 aliphatic heterocycles. The van der Waals surface area contributed by atoms with E-state index >= 15 is 0 Å². The van der Waals surface area contributed by atoms with Crippen LogP contribution in [-0.2, 0) is 36.1 Å². The summed E-state index contributed by atoms with van der Waals surface area (Å²) in [6, 6.07) is 0. The zero-order valence-corrected chi connectivity index (χ0v) is 9.23. The van der Waals surface area contributed by atoms with Gasteiger partial charge in [0.05, 0.1) is 0 Å². The first-order chi connectivity index (χ1) is 4.66. The third-order valence-electron chi connectivity index (χ3n) is 1.23. The molecule has 1 saturated heterocycles. The van der Waals surface area contributed by atoms with Gasteiger partial charge in [-0.15, -0.1) is 0 Å². The predicted molar refractivity (Wildman–Crippen MR) is 36.2 cm³/mol. The van der Waals surface area contributed by atoms with Gasteiger partial charge in [0.25, 0.3) is 0 Å². The van der Waals surface area contributed by atoms with Crippen molar-refractivity contribution in [1.82, 2.24) is 2.03 Å². The second-order valence-electron chi connectivity index (χ2n) is 1.87. The Hall–Kier alpha value is 0.624. The number of allylic oxidation sites excluding steroid dienone is 1. The molecule has 0 aliphatic carbocycles. The maximum absolute atomic E-state index is 11.1. The number of carbonyl (C=O) groups excluding carboxylic acids is 1. The van der Waals surface area contributed by atoms with E-state index < -0.39 is 0 Å². The van der Waals surface area contributed by atoms with Gasteiger partial charge in [-0.05, 0) is 0 Å². The average Bonchev–Trinajstić information content (AvgIpc) is 2.17. The number of rotatable bonds is 0. The monoisotopic (exact) mass is 232 g/mol. The van der Waals surface area contributed by atoms with Crippen molar-refractivity contribution in [2.24, 2.45) is 5.73 Å². The van der Waals surface area contributed by atoms with Gasteiger partial charge in [0.2, 0.25) is 0 Å². The predicted octanol–water partition coefficient (Wildman–Crippen LogP) is 0.170. The SMILES string of the molecule is C/C=C1\SC(N)[N]([Y])C1=O. The molecule has 1 fully saturated rings. The van der Waals surface area contributed by atoms with E-state index in [1.54, 1.807) is 2.03 Å². The maximum atomic E-state index is 11.1. The van der Waals surface area contributed by atoms with Gasteiger partial charge < -0.3 is 0 Å². The standard InChI is InChI=1S/C5H8N2OS.Y/c1-2-3-4(8)7-5(6)9-3;/h2,5H,6H2,1H3,(H,7,8);/q;+1/p-1/b3-2-;. The summed E-state index contributed by atoms with van der Waals surface area (Å²) >= 11 is 2.20. The Morgan fingerprint density at radius 1 is 1.90 bits per heavy atom. The fourth-order valence-corrected chi connectivity index (χ4v) is 2.50. The molecule has 1 atom stereocenters. The topological polar surface area (TPSA) is 46.3 Å². The first-order valence-electron chi connectivity index (χ1n) is 2.83. The number of hydrogen-bond acceptors (Lipinski definition) is 3. The quantitative estimate of drug-likeness (QED) is 0.605. The van der Waals surface area contributed by atoms with Gasteiger partial charge in [-0.2, -0.15) is 0 Å². The number of amides is 1. The molecule has 1 amide bonds. The second-order valence-corrected chi connectivity index (χ2v) is 4.40. The molecule has 52 valence electrons. The minimum absolute atomic E-state index is 0.0856. The van der Waals surface area contributed by atoms with Crippen LogP contribution in [0.15, 0.2) is 11.0 Å². The summed E-state index contributed by atoms with van der Waals surface area (Å²) in [6.45, 7) is 1.85. The molecule has 1 rings (SSSR count). The van der Waals surface area contributed by atoms with E-state index in [9.17, 15) is 4.79 Å². The van der Waals surface area contributed by atoms with Crippen molar-refractivity contribution in [3.8, 4) is 0 Å². The Morgan fingerprint density at radius 3 is 2.70 bits per heavy atom. The Labute approximate surface area is 84.4 Å². The Morgan fingerprint density at radius 2 is 2.50 bits per heavy atom. The molecule has 0 radical (unpaired) electrons. The van der Waals surface area contributed by atoms with E-state index in [-0.39, 0.29) is 11.4 Å². The minimum atomic E-state index is -0.138. The summed E-state index contributed by atoms with van der Waals surface area (Å²) in [4.78, 5) is 11.9. The van der Waals surface area contributed by atoms with Gasteiger partial charge in [0.1, 0.15) is 0 Å². The summed E-state index contributed by atoms with van der Waals surface area (Å²) < 4.78 is 1.66. The van der Waals surface area contributed by atoms with Crippen LogP contribution in [0.1, 0.15) is 6.92 Å². The molecule has 0 aromatic rings. The third kappa shape index (κ3) is 1.45. The molecular formula is C5H7N2OSY. The zero-order valence-electron chi connectivity index (χ0n) is 5.57.